The normalized spacial score (nSPS) is 13.7. The predicted molar refractivity (Wildman–Crippen MR) is 178 cm³/mol. The van der Waals surface area contributed by atoms with Crippen LogP contribution in [0.25, 0.3) is 21.5 Å². The molecule has 5 aromatic carbocycles. The Morgan fingerprint density at radius 2 is 1.00 bits per heavy atom. The number of likely N-dealkylation sites (N-methyl/N-ethyl adjacent to an activating group) is 1. The molecule has 0 aliphatic heterocycles. The van der Waals surface area contributed by atoms with E-state index < -0.39 is 32.3 Å². The maximum atomic E-state index is 14.2. The molecule has 1 unspecified atom stereocenters. The topological polar surface area (TPSA) is 87.2 Å². The lowest BCUT2D eigenvalue weighted by Crippen LogP contribution is -2.40. The Balaban J connectivity index is 1.58. The van der Waals surface area contributed by atoms with E-state index in [1.165, 1.54) is 17.4 Å². The van der Waals surface area contributed by atoms with Gasteiger partial charge in [-0.15, -0.1) is 0 Å². The Hall–Kier alpha value is -3.96. The van der Waals surface area contributed by atoms with Gasteiger partial charge in [0, 0.05) is 68.2 Å². The summed E-state index contributed by atoms with van der Waals surface area (Å²) < 4.78 is 63.7. The average Bonchev–Trinajstić information content (AvgIpc) is 3.01. The Morgan fingerprint density at radius 1 is 0.545 bits per heavy atom. The molecule has 2 atom stereocenters. The van der Waals surface area contributed by atoms with E-state index in [2.05, 4.69) is 0 Å². The third-order valence-electron chi connectivity index (χ3n) is 7.98. The quantitative estimate of drug-likeness (QED) is 0.168. The number of rotatable bonds is 10. The minimum atomic E-state index is -4.36. The molecule has 230 valence electrons. The Bertz CT molecular complexity index is 2030. The van der Waals surface area contributed by atoms with E-state index in [1.54, 1.807) is 67.6 Å². The smallest absolute Gasteiger partial charge is 0.298 e. The summed E-state index contributed by atoms with van der Waals surface area (Å²) in [4.78, 5) is 4.00. The van der Waals surface area contributed by atoms with Gasteiger partial charge in [0.2, 0.25) is 10.0 Å². The van der Waals surface area contributed by atoms with E-state index in [-0.39, 0.29) is 9.79 Å². The summed E-state index contributed by atoms with van der Waals surface area (Å²) in [6, 6.07) is 29.2. The largest absolute Gasteiger partial charge is 0.377 e. The van der Waals surface area contributed by atoms with Crippen LogP contribution >= 0.6 is 0 Å². The zero-order valence-corrected chi connectivity index (χ0v) is 27.3. The monoisotopic (exact) mass is 631 g/mol. The zero-order valence-electron chi connectivity index (χ0n) is 25.7. The zero-order chi connectivity index (χ0) is 31.8. The Labute approximate surface area is 260 Å². The van der Waals surface area contributed by atoms with Crippen molar-refractivity contribution >= 4 is 53.1 Å². The molecule has 0 aliphatic carbocycles. The Kier molecular flexibility index (Phi) is 8.73. The second-order valence-electron chi connectivity index (χ2n) is 11.2. The standard InChI is InChI=1S/C34H37N3O5S2/c1-24(37(6)43(38,39)32-22-12-16-26-28(32)18-10-20-30(26)35(2)3)34(25-14-8-7-9-15-25)42-44(40,41)33-23-13-17-27-29(33)19-11-21-31(27)36(4)5/h7-24,34H,1-6H3/t24-,34?/m0/s1. The molecule has 5 rings (SSSR count). The maximum absolute atomic E-state index is 14.2. The van der Waals surface area contributed by atoms with E-state index in [4.69, 9.17) is 4.18 Å². The van der Waals surface area contributed by atoms with Crippen LogP contribution in [0.15, 0.2) is 113 Å². The second-order valence-corrected chi connectivity index (χ2v) is 14.7. The molecule has 0 aliphatic rings. The lowest BCUT2D eigenvalue weighted by Gasteiger charge is -2.31. The molecule has 44 heavy (non-hydrogen) atoms. The van der Waals surface area contributed by atoms with Crippen LogP contribution in [0.3, 0.4) is 0 Å². The van der Waals surface area contributed by atoms with Crippen molar-refractivity contribution < 1.29 is 21.0 Å². The van der Waals surface area contributed by atoms with Crippen molar-refractivity contribution in [1.82, 2.24) is 4.31 Å². The number of hydrogen-bond donors (Lipinski definition) is 0. The fourth-order valence-corrected chi connectivity index (χ4v) is 8.47. The number of sulfonamides is 1. The number of hydrogen-bond acceptors (Lipinski definition) is 7. The summed E-state index contributed by atoms with van der Waals surface area (Å²) in [6.07, 6.45) is -1.14. The van der Waals surface area contributed by atoms with Crippen LogP contribution in [0.1, 0.15) is 18.6 Å². The summed E-state index contributed by atoms with van der Waals surface area (Å²) >= 11 is 0. The summed E-state index contributed by atoms with van der Waals surface area (Å²) in [6.45, 7) is 1.66. The van der Waals surface area contributed by atoms with E-state index >= 15 is 0 Å². The average molecular weight is 632 g/mol. The van der Waals surface area contributed by atoms with Crippen molar-refractivity contribution in [3.8, 4) is 0 Å². The highest BCUT2D eigenvalue weighted by atomic mass is 32.2. The van der Waals surface area contributed by atoms with Gasteiger partial charge in [-0.3, -0.25) is 4.18 Å². The SMILES string of the molecule is C[C@@H](C(OS(=O)(=O)c1cccc2c(N(C)C)cccc12)c1ccccc1)N(C)S(=O)(=O)c1cccc2c(N(C)C)cccc12. The maximum Gasteiger partial charge on any atom is 0.298 e. The lowest BCUT2D eigenvalue weighted by molar-refractivity contribution is 0.138. The van der Waals surface area contributed by atoms with Gasteiger partial charge in [0.05, 0.1) is 10.9 Å². The predicted octanol–water partition coefficient (Wildman–Crippen LogP) is 6.28. The molecule has 0 saturated carbocycles. The van der Waals surface area contributed by atoms with E-state index in [0.29, 0.717) is 16.3 Å². The van der Waals surface area contributed by atoms with E-state index in [9.17, 15) is 16.8 Å². The minimum absolute atomic E-state index is 0.0163. The first-order chi connectivity index (χ1) is 20.8. The third kappa shape index (κ3) is 5.78. The van der Waals surface area contributed by atoms with Gasteiger partial charge in [-0.2, -0.15) is 12.7 Å². The fraction of sp³-hybridized carbons (Fsp3) is 0.235. The molecule has 8 nitrogen and oxygen atoms in total. The van der Waals surface area contributed by atoms with Gasteiger partial charge in [0.1, 0.15) is 11.0 Å². The molecule has 0 saturated heterocycles. The van der Waals surface area contributed by atoms with Crippen molar-refractivity contribution in [2.75, 3.05) is 45.0 Å². The summed E-state index contributed by atoms with van der Waals surface area (Å²) in [5.41, 5.74) is 2.29. The van der Waals surface area contributed by atoms with Crippen LogP contribution in [0.5, 0.6) is 0 Å². The van der Waals surface area contributed by atoms with Crippen LogP contribution < -0.4 is 9.80 Å². The molecule has 10 heteroatoms. The molecule has 0 fully saturated rings. The highest BCUT2D eigenvalue weighted by Gasteiger charge is 2.36. The van der Waals surface area contributed by atoms with Gasteiger partial charge < -0.3 is 9.80 Å². The van der Waals surface area contributed by atoms with Gasteiger partial charge in [0.25, 0.3) is 10.1 Å². The number of fused-ring (bicyclic) bond motifs is 2. The van der Waals surface area contributed by atoms with Gasteiger partial charge in [-0.05, 0) is 36.8 Å². The second kappa shape index (κ2) is 12.2. The molecule has 0 radical (unpaired) electrons. The van der Waals surface area contributed by atoms with Gasteiger partial charge in [0.15, 0.2) is 0 Å². The third-order valence-corrected chi connectivity index (χ3v) is 11.3. The molecule has 0 aromatic heterocycles. The van der Waals surface area contributed by atoms with Crippen molar-refractivity contribution in [2.24, 2.45) is 0 Å². The molecular weight excluding hydrogens is 595 g/mol. The van der Waals surface area contributed by atoms with Crippen molar-refractivity contribution in [3.63, 3.8) is 0 Å². The lowest BCUT2D eigenvalue weighted by atomic mass is 10.0. The highest BCUT2D eigenvalue weighted by molar-refractivity contribution is 7.89. The molecule has 5 aromatic rings. The number of benzene rings is 5. The first-order valence-electron chi connectivity index (χ1n) is 14.2. The fourth-order valence-electron chi connectivity index (χ4n) is 5.56. The van der Waals surface area contributed by atoms with Crippen LogP contribution in [0.2, 0.25) is 0 Å². The summed E-state index contributed by atoms with van der Waals surface area (Å²) in [5.74, 6) is 0. The summed E-state index contributed by atoms with van der Waals surface area (Å²) in [5, 5.41) is 2.66. The highest BCUT2D eigenvalue weighted by Crippen LogP contribution is 2.37. The Morgan fingerprint density at radius 3 is 1.52 bits per heavy atom. The van der Waals surface area contributed by atoms with Gasteiger partial charge >= 0.3 is 0 Å². The van der Waals surface area contributed by atoms with Crippen LogP contribution in [-0.4, -0.2) is 62.4 Å². The molecular formula is C34H37N3O5S2. The number of anilines is 2. The van der Waals surface area contributed by atoms with Crippen LogP contribution in [0.4, 0.5) is 11.4 Å². The van der Waals surface area contributed by atoms with Crippen molar-refractivity contribution in [2.45, 2.75) is 28.9 Å². The molecule has 0 amide bonds. The van der Waals surface area contributed by atoms with E-state index in [1.807, 2.05) is 74.4 Å². The minimum Gasteiger partial charge on any atom is -0.377 e. The van der Waals surface area contributed by atoms with E-state index in [0.717, 1.165) is 22.1 Å². The molecule has 0 N–H and O–H groups in total. The molecule has 0 spiro atoms. The van der Waals surface area contributed by atoms with Crippen molar-refractivity contribution in [3.05, 3.63) is 109 Å². The van der Waals surface area contributed by atoms with Crippen LogP contribution in [-0.2, 0) is 24.3 Å². The first kappa shape index (κ1) is 31.5. The van der Waals surface area contributed by atoms with Crippen molar-refractivity contribution in [1.29, 1.82) is 0 Å². The summed E-state index contributed by atoms with van der Waals surface area (Å²) in [7, 11) is 0.608. The number of nitrogens with zero attached hydrogens (tertiary/aromatic N) is 3. The van der Waals surface area contributed by atoms with Gasteiger partial charge in [-0.1, -0.05) is 78.9 Å². The first-order valence-corrected chi connectivity index (χ1v) is 17.0. The molecule has 0 bridgehead atoms. The van der Waals surface area contributed by atoms with Gasteiger partial charge in [-0.25, -0.2) is 8.42 Å². The molecule has 0 heterocycles. The van der Waals surface area contributed by atoms with Crippen LogP contribution in [0, 0.1) is 0 Å².